The van der Waals surface area contributed by atoms with Gasteiger partial charge in [-0.3, -0.25) is 16.3 Å². The van der Waals surface area contributed by atoms with Crippen LogP contribution in [-0.4, -0.2) is 4.98 Å². The van der Waals surface area contributed by atoms with Crippen LogP contribution in [0, 0.1) is 25.7 Å². The Labute approximate surface area is 110 Å². The summed E-state index contributed by atoms with van der Waals surface area (Å²) in [6.07, 6.45) is 5.22. The van der Waals surface area contributed by atoms with Crippen molar-refractivity contribution >= 4 is 0 Å². The van der Waals surface area contributed by atoms with Gasteiger partial charge in [0.05, 0.1) is 6.04 Å². The van der Waals surface area contributed by atoms with E-state index in [4.69, 9.17) is 5.84 Å². The van der Waals surface area contributed by atoms with Gasteiger partial charge >= 0.3 is 0 Å². The summed E-state index contributed by atoms with van der Waals surface area (Å²) in [7, 11) is 0. The summed E-state index contributed by atoms with van der Waals surface area (Å²) in [6.45, 7) is 6.46. The smallest absolute Gasteiger partial charge is 0.0506 e. The molecule has 0 spiro atoms. The molecule has 100 valence electrons. The van der Waals surface area contributed by atoms with E-state index < -0.39 is 0 Å². The molecule has 2 rings (SSSR count). The molecule has 1 fully saturated rings. The quantitative estimate of drug-likeness (QED) is 0.637. The van der Waals surface area contributed by atoms with Crippen LogP contribution in [0.1, 0.15) is 55.6 Å². The van der Waals surface area contributed by atoms with Crippen molar-refractivity contribution in [3.8, 4) is 0 Å². The lowest BCUT2D eigenvalue weighted by Crippen LogP contribution is -2.36. The molecule has 3 N–H and O–H groups in total. The molecule has 0 amide bonds. The van der Waals surface area contributed by atoms with E-state index in [0.29, 0.717) is 5.92 Å². The summed E-state index contributed by atoms with van der Waals surface area (Å²) in [6, 6.07) is 4.52. The molecule has 1 aliphatic rings. The molecule has 0 saturated heterocycles. The lowest BCUT2D eigenvalue weighted by molar-refractivity contribution is 0.224. The lowest BCUT2D eigenvalue weighted by atomic mass is 9.76. The van der Waals surface area contributed by atoms with Crippen LogP contribution in [0.5, 0.6) is 0 Å². The number of aryl methyl sites for hydroxylation is 2. The highest BCUT2D eigenvalue weighted by Gasteiger charge is 2.28. The second-order valence-corrected chi connectivity index (χ2v) is 5.80. The molecule has 0 radical (unpaired) electrons. The van der Waals surface area contributed by atoms with Crippen molar-refractivity contribution in [2.45, 2.75) is 52.5 Å². The molecule has 3 unspecified atom stereocenters. The Morgan fingerprint density at radius 3 is 2.72 bits per heavy atom. The molecule has 1 aromatic rings. The average Bonchev–Trinajstić information content (AvgIpc) is 2.33. The number of pyridine rings is 1. The Kier molecular flexibility index (Phi) is 4.36. The highest BCUT2D eigenvalue weighted by molar-refractivity contribution is 5.25. The normalized spacial score (nSPS) is 26.0. The zero-order chi connectivity index (χ0) is 13.1. The minimum absolute atomic E-state index is 0.251. The minimum atomic E-state index is 0.251. The van der Waals surface area contributed by atoms with Crippen molar-refractivity contribution in [2.24, 2.45) is 17.7 Å². The molecule has 1 heterocycles. The van der Waals surface area contributed by atoms with E-state index in [0.717, 1.165) is 17.3 Å². The summed E-state index contributed by atoms with van der Waals surface area (Å²) in [4.78, 5) is 4.56. The Morgan fingerprint density at radius 2 is 2.11 bits per heavy atom. The van der Waals surface area contributed by atoms with Crippen molar-refractivity contribution < 1.29 is 0 Å². The molecule has 1 saturated carbocycles. The first-order chi connectivity index (χ1) is 8.61. The number of nitrogens with two attached hydrogens (primary N) is 1. The van der Waals surface area contributed by atoms with Crippen LogP contribution in [0.15, 0.2) is 12.1 Å². The summed E-state index contributed by atoms with van der Waals surface area (Å²) >= 11 is 0. The predicted octanol–water partition coefficient (Wildman–Crippen LogP) is 3.03. The maximum Gasteiger partial charge on any atom is 0.0506 e. The molecule has 1 aromatic heterocycles. The molecule has 3 atom stereocenters. The first kappa shape index (κ1) is 13.5. The molecule has 3 heteroatoms. The molecule has 3 nitrogen and oxygen atoms in total. The standard InChI is InChI=1S/C15H25N3/c1-10-5-4-6-13(9-10)15(18-16)14-8-7-11(2)17-12(14)3/h7-8,10,13,15,18H,4-6,9,16H2,1-3H3. The van der Waals surface area contributed by atoms with Gasteiger partial charge in [0.15, 0.2) is 0 Å². The van der Waals surface area contributed by atoms with Crippen LogP contribution >= 0.6 is 0 Å². The van der Waals surface area contributed by atoms with E-state index in [1.165, 1.54) is 31.2 Å². The third-order valence-electron chi connectivity index (χ3n) is 4.23. The fourth-order valence-corrected chi connectivity index (χ4v) is 3.29. The minimum Gasteiger partial charge on any atom is -0.271 e. The molecule has 0 aliphatic heterocycles. The van der Waals surface area contributed by atoms with Crippen LogP contribution in [0.4, 0.5) is 0 Å². The number of hydrazine groups is 1. The molecule has 1 aliphatic carbocycles. The largest absolute Gasteiger partial charge is 0.271 e. The third-order valence-corrected chi connectivity index (χ3v) is 4.23. The third kappa shape index (κ3) is 2.90. The van der Waals surface area contributed by atoms with E-state index >= 15 is 0 Å². The van der Waals surface area contributed by atoms with Crippen LogP contribution in [0.25, 0.3) is 0 Å². The van der Waals surface area contributed by atoms with Crippen molar-refractivity contribution in [3.05, 3.63) is 29.1 Å². The van der Waals surface area contributed by atoms with E-state index in [9.17, 15) is 0 Å². The van der Waals surface area contributed by atoms with E-state index in [2.05, 4.69) is 36.4 Å². The van der Waals surface area contributed by atoms with Gasteiger partial charge in [-0.2, -0.15) is 0 Å². The molecular formula is C15H25N3. The van der Waals surface area contributed by atoms with Crippen molar-refractivity contribution in [1.82, 2.24) is 10.4 Å². The monoisotopic (exact) mass is 247 g/mol. The van der Waals surface area contributed by atoms with Gasteiger partial charge in [-0.05, 0) is 50.2 Å². The van der Waals surface area contributed by atoms with Gasteiger partial charge < -0.3 is 0 Å². The lowest BCUT2D eigenvalue weighted by Gasteiger charge is -2.33. The van der Waals surface area contributed by atoms with Gasteiger partial charge in [-0.25, -0.2) is 0 Å². The summed E-state index contributed by atoms with van der Waals surface area (Å²) in [5.41, 5.74) is 6.48. The fraction of sp³-hybridized carbons (Fsp3) is 0.667. The van der Waals surface area contributed by atoms with Crippen LogP contribution in [0.3, 0.4) is 0 Å². The summed E-state index contributed by atoms with van der Waals surface area (Å²) in [5.74, 6) is 7.27. The Hall–Kier alpha value is -0.930. The molecular weight excluding hydrogens is 222 g/mol. The van der Waals surface area contributed by atoms with Gasteiger partial charge in [-0.15, -0.1) is 0 Å². The maximum absolute atomic E-state index is 5.81. The highest BCUT2D eigenvalue weighted by atomic mass is 15.2. The fourth-order valence-electron chi connectivity index (χ4n) is 3.29. The van der Waals surface area contributed by atoms with Crippen molar-refractivity contribution in [2.75, 3.05) is 0 Å². The number of nitrogens with one attached hydrogen (secondary N) is 1. The van der Waals surface area contributed by atoms with Gasteiger partial charge in [0.25, 0.3) is 0 Å². The number of rotatable bonds is 3. The van der Waals surface area contributed by atoms with Gasteiger partial charge in [0.1, 0.15) is 0 Å². The van der Waals surface area contributed by atoms with E-state index in [1.807, 2.05) is 6.92 Å². The topological polar surface area (TPSA) is 50.9 Å². The number of nitrogens with zero attached hydrogens (tertiary/aromatic N) is 1. The van der Waals surface area contributed by atoms with E-state index in [-0.39, 0.29) is 6.04 Å². The molecule has 18 heavy (non-hydrogen) atoms. The second kappa shape index (κ2) is 5.81. The van der Waals surface area contributed by atoms with Crippen LogP contribution < -0.4 is 11.3 Å². The predicted molar refractivity (Wildman–Crippen MR) is 74.9 cm³/mol. The SMILES string of the molecule is Cc1ccc(C(NN)C2CCCC(C)C2)c(C)n1. The van der Waals surface area contributed by atoms with Crippen molar-refractivity contribution in [1.29, 1.82) is 0 Å². The second-order valence-electron chi connectivity index (χ2n) is 5.80. The first-order valence-corrected chi connectivity index (χ1v) is 7.02. The zero-order valence-electron chi connectivity index (χ0n) is 11.7. The summed E-state index contributed by atoms with van der Waals surface area (Å²) in [5, 5.41) is 0. The Morgan fingerprint density at radius 1 is 1.33 bits per heavy atom. The Balaban J connectivity index is 2.21. The highest BCUT2D eigenvalue weighted by Crippen LogP contribution is 2.37. The van der Waals surface area contributed by atoms with Crippen LogP contribution in [-0.2, 0) is 0 Å². The molecule has 0 bridgehead atoms. The van der Waals surface area contributed by atoms with Gasteiger partial charge in [0, 0.05) is 11.4 Å². The summed E-state index contributed by atoms with van der Waals surface area (Å²) < 4.78 is 0. The van der Waals surface area contributed by atoms with E-state index in [1.54, 1.807) is 0 Å². The van der Waals surface area contributed by atoms with Gasteiger partial charge in [-0.1, -0.05) is 25.8 Å². The Bertz CT molecular complexity index is 403. The first-order valence-electron chi connectivity index (χ1n) is 7.02. The average molecular weight is 247 g/mol. The van der Waals surface area contributed by atoms with Gasteiger partial charge in [0.2, 0.25) is 0 Å². The number of hydrogen-bond acceptors (Lipinski definition) is 3. The number of aromatic nitrogens is 1. The molecule has 0 aromatic carbocycles. The zero-order valence-corrected chi connectivity index (χ0v) is 11.7. The maximum atomic E-state index is 5.81. The number of hydrogen-bond donors (Lipinski definition) is 2. The van der Waals surface area contributed by atoms with Crippen LogP contribution in [0.2, 0.25) is 0 Å². The van der Waals surface area contributed by atoms with Crippen molar-refractivity contribution in [3.63, 3.8) is 0 Å².